The first-order valence-corrected chi connectivity index (χ1v) is 9.01. The molecular weight excluding hydrogens is 396 g/mol. The van der Waals surface area contributed by atoms with Gasteiger partial charge in [0.1, 0.15) is 11.1 Å². The number of rotatable bonds is 10. The van der Waals surface area contributed by atoms with Crippen molar-refractivity contribution in [3.63, 3.8) is 0 Å². The van der Waals surface area contributed by atoms with Crippen LogP contribution in [0.3, 0.4) is 0 Å². The van der Waals surface area contributed by atoms with E-state index >= 15 is 0 Å². The van der Waals surface area contributed by atoms with Gasteiger partial charge in [-0.25, -0.2) is 15.0 Å². The number of hydrazone groups is 1. The molecule has 0 aliphatic rings. The molecule has 162 valence electrons. The minimum absolute atomic E-state index is 0.00270. The van der Waals surface area contributed by atoms with Crippen LogP contribution in [0.4, 0.5) is 0 Å². The van der Waals surface area contributed by atoms with E-state index < -0.39 is 40.8 Å². The zero-order valence-electron chi connectivity index (χ0n) is 16.9. The third kappa shape index (κ3) is 7.26. The average molecular weight is 420 g/mol. The quantitative estimate of drug-likeness (QED) is 0.0951. The monoisotopic (exact) mass is 420 g/mol. The van der Waals surface area contributed by atoms with Gasteiger partial charge in [-0.05, 0) is 39.0 Å². The molecule has 0 aliphatic heterocycles. The number of pyridine rings is 1. The summed E-state index contributed by atoms with van der Waals surface area (Å²) in [6.45, 7) is 4.77. The van der Waals surface area contributed by atoms with Crippen LogP contribution < -0.4 is 11.2 Å². The Bertz CT molecular complexity index is 848. The minimum atomic E-state index is -0.959. The number of nitrogens with one attached hydrogen (secondary N) is 1. The van der Waals surface area contributed by atoms with Crippen molar-refractivity contribution in [1.82, 2.24) is 10.4 Å². The number of ether oxygens (including phenoxy) is 3. The summed E-state index contributed by atoms with van der Waals surface area (Å²) in [5.74, 6) is -3.75. The molecule has 0 fully saturated rings. The first kappa shape index (κ1) is 24.1. The third-order valence-corrected chi connectivity index (χ3v) is 3.29. The van der Waals surface area contributed by atoms with Crippen LogP contribution in [0.15, 0.2) is 52.8 Å². The topological polar surface area (TPSA) is 162 Å². The maximum Gasteiger partial charge on any atom is 0.345 e. The lowest BCUT2D eigenvalue weighted by Gasteiger charge is -2.10. The molecular formula is C19H24N4O7. The summed E-state index contributed by atoms with van der Waals surface area (Å²) in [4.78, 5) is 40.4. The number of carbonyl (C=O) groups excluding carboxylic acids is 3. The minimum Gasteiger partial charge on any atom is -0.480 e. The Morgan fingerprint density at radius 3 is 2.20 bits per heavy atom. The number of carbonyl (C=O) groups is 3. The smallest absolute Gasteiger partial charge is 0.345 e. The maximum atomic E-state index is 12.3. The first-order chi connectivity index (χ1) is 14.3. The Morgan fingerprint density at radius 2 is 1.63 bits per heavy atom. The number of aliphatic hydroxyl groups is 1. The largest absolute Gasteiger partial charge is 0.480 e. The molecule has 0 saturated carbocycles. The Balaban J connectivity index is 3.31. The fraction of sp³-hybridized carbons (Fsp3) is 0.316. The zero-order chi connectivity index (χ0) is 22.5. The molecule has 0 spiro atoms. The van der Waals surface area contributed by atoms with Gasteiger partial charge in [0.25, 0.3) is 11.9 Å². The fourth-order valence-electron chi connectivity index (χ4n) is 1.96. The van der Waals surface area contributed by atoms with Crippen molar-refractivity contribution in [2.24, 2.45) is 10.8 Å². The van der Waals surface area contributed by atoms with Crippen molar-refractivity contribution in [3.05, 3.63) is 53.3 Å². The van der Waals surface area contributed by atoms with E-state index in [0.717, 1.165) is 6.08 Å². The van der Waals surface area contributed by atoms with Crippen LogP contribution in [0.5, 0.6) is 0 Å². The van der Waals surface area contributed by atoms with Gasteiger partial charge in [-0.3, -0.25) is 9.78 Å². The van der Waals surface area contributed by atoms with E-state index in [2.05, 4.69) is 15.5 Å². The Labute approximate surface area is 173 Å². The maximum absolute atomic E-state index is 12.3. The number of hydrogen-bond acceptors (Lipinski definition) is 9. The highest BCUT2D eigenvalue weighted by Gasteiger charge is 2.23. The van der Waals surface area contributed by atoms with Crippen LogP contribution >= 0.6 is 0 Å². The van der Waals surface area contributed by atoms with Crippen LogP contribution in [0.1, 0.15) is 31.1 Å². The predicted octanol–water partition coefficient (Wildman–Crippen LogP) is 0.942. The van der Waals surface area contributed by atoms with Crippen LogP contribution in [0.25, 0.3) is 0 Å². The van der Waals surface area contributed by atoms with E-state index in [1.807, 2.05) is 0 Å². The number of nitrogens with two attached hydrogens (primary N) is 1. The first-order valence-electron chi connectivity index (χ1n) is 9.01. The van der Waals surface area contributed by atoms with Crippen molar-refractivity contribution in [3.8, 4) is 0 Å². The number of aliphatic hydroxyl groups excluding tert-OH is 1. The lowest BCUT2D eigenvalue weighted by molar-refractivity contribution is -0.138. The van der Waals surface area contributed by atoms with Gasteiger partial charge >= 0.3 is 11.9 Å². The van der Waals surface area contributed by atoms with Gasteiger partial charge in [0.15, 0.2) is 5.84 Å². The van der Waals surface area contributed by atoms with Crippen LogP contribution in [-0.2, 0) is 23.8 Å². The fourth-order valence-corrected chi connectivity index (χ4v) is 1.96. The molecule has 0 aromatic carbocycles. The zero-order valence-corrected chi connectivity index (χ0v) is 16.9. The Hall–Kier alpha value is -3.89. The predicted molar refractivity (Wildman–Crippen MR) is 106 cm³/mol. The summed E-state index contributed by atoms with van der Waals surface area (Å²) < 4.78 is 14.7. The standard InChI is InChI=1S/C19H24N4O7/c1-4-28-17(25)13(11-14(18(26)29-5-2)19(27)30-6-3)15(20)22-23-16(24)12-7-9-21-10-8-12/h7-11,26H,4-6H2,1-3H3,(H2,20,22)(H,23,24)/b13-11-,18-14-. The summed E-state index contributed by atoms with van der Waals surface area (Å²) in [5, 5.41) is 13.7. The molecule has 0 unspecified atom stereocenters. The highest BCUT2D eigenvalue weighted by molar-refractivity contribution is 6.19. The molecule has 1 heterocycles. The van der Waals surface area contributed by atoms with Gasteiger partial charge in [-0.1, -0.05) is 0 Å². The van der Waals surface area contributed by atoms with E-state index in [9.17, 15) is 19.5 Å². The molecule has 11 nitrogen and oxygen atoms in total. The second kappa shape index (κ2) is 12.5. The number of nitrogens with zero attached hydrogens (tertiary/aromatic N) is 2. The van der Waals surface area contributed by atoms with E-state index in [4.69, 9.17) is 19.9 Å². The van der Waals surface area contributed by atoms with E-state index in [1.54, 1.807) is 20.8 Å². The van der Waals surface area contributed by atoms with Gasteiger partial charge < -0.3 is 25.1 Å². The van der Waals surface area contributed by atoms with Crippen molar-refractivity contribution in [2.45, 2.75) is 20.8 Å². The van der Waals surface area contributed by atoms with Crippen molar-refractivity contribution in [2.75, 3.05) is 19.8 Å². The van der Waals surface area contributed by atoms with Gasteiger partial charge in [0.05, 0.1) is 19.8 Å². The molecule has 0 aliphatic carbocycles. The summed E-state index contributed by atoms with van der Waals surface area (Å²) in [6.07, 6.45) is 3.75. The third-order valence-electron chi connectivity index (χ3n) is 3.29. The molecule has 30 heavy (non-hydrogen) atoms. The normalized spacial score (nSPS) is 12.5. The SMILES string of the molecule is CCOC(=O)C(=C\C(C(=O)OCC)=C(/O)OCC)/C(N)=N/NC(=O)c1ccncc1. The summed E-state index contributed by atoms with van der Waals surface area (Å²) in [5.41, 5.74) is 7.39. The summed E-state index contributed by atoms with van der Waals surface area (Å²) in [7, 11) is 0. The molecule has 0 atom stereocenters. The molecule has 0 bridgehead atoms. The van der Waals surface area contributed by atoms with Crippen molar-refractivity contribution >= 4 is 23.7 Å². The van der Waals surface area contributed by atoms with Crippen molar-refractivity contribution < 1.29 is 33.7 Å². The van der Waals surface area contributed by atoms with Crippen molar-refractivity contribution in [1.29, 1.82) is 0 Å². The number of hydrogen-bond donors (Lipinski definition) is 3. The van der Waals surface area contributed by atoms with E-state index in [-0.39, 0.29) is 25.4 Å². The Morgan fingerprint density at radius 1 is 1.07 bits per heavy atom. The Kier molecular flexibility index (Phi) is 10.1. The summed E-state index contributed by atoms with van der Waals surface area (Å²) in [6, 6.07) is 2.90. The molecule has 1 amide bonds. The lowest BCUT2D eigenvalue weighted by Crippen LogP contribution is -2.28. The second-order valence-corrected chi connectivity index (χ2v) is 5.32. The van der Waals surface area contributed by atoms with E-state index in [1.165, 1.54) is 24.5 Å². The highest BCUT2D eigenvalue weighted by Crippen LogP contribution is 2.13. The van der Waals surface area contributed by atoms with Gasteiger partial charge in [0.2, 0.25) is 0 Å². The van der Waals surface area contributed by atoms with Crippen LogP contribution in [0, 0.1) is 0 Å². The molecule has 11 heteroatoms. The van der Waals surface area contributed by atoms with Gasteiger partial charge in [-0.2, -0.15) is 5.10 Å². The van der Waals surface area contributed by atoms with E-state index in [0.29, 0.717) is 0 Å². The number of aromatic nitrogens is 1. The summed E-state index contributed by atoms with van der Waals surface area (Å²) >= 11 is 0. The van der Waals surface area contributed by atoms with Crippen LogP contribution in [-0.4, -0.2) is 53.6 Å². The van der Waals surface area contributed by atoms with Crippen LogP contribution in [0.2, 0.25) is 0 Å². The van der Waals surface area contributed by atoms with Gasteiger partial charge in [0, 0.05) is 18.0 Å². The molecule has 1 aromatic heterocycles. The molecule has 0 saturated heterocycles. The molecule has 0 radical (unpaired) electrons. The lowest BCUT2D eigenvalue weighted by atomic mass is 10.1. The average Bonchev–Trinajstić information content (AvgIpc) is 2.73. The highest BCUT2D eigenvalue weighted by atomic mass is 16.6. The second-order valence-electron chi connectivity index (χ2n) is 5.32. The molecule has 1 aromatic rings. The van der Waals surface area contributed by atoms with Gasteiger partial charge in [-0.15, -0.1) is 0 Å². The molecule has 1 rings (SSSR count). The number of amidine groups is 1. The molecule has 4 N–H and O–H groups in total. The number of amides is 1. The number of esters is 2.